The minimum atomic E-state index is -1.02. The van der Waals surface area contributed by atoms with Crippen molar-refractivity contribution in [1.29, 1.82) is 0 Å². The van der Waals surface area contributed by atoms with Crippen molar-refractivity contribution < 1.29 is 14.2 Å². The zero-order valence-corrected chi connectivity index (χ0v) is 11.3. The van der Waals surface area contributed by atoms with Gasteiger partial charge in [-0.3, -0.25) is 0 Å². The fraction of sp³-hybridized carbons (Fsp3) is 0.143. The second-order valence-corrected chi connectivity index (χ2v) is 4.68. The van der Waals surface area contributed by atoms with Crippen LogP contribution in [0.5, 0.6) is 5.75 Å². The van der Waals surface area contributed by atoms with Gasteiger partial charge in [-0.2, -0.15) is 0 Å². The molecule has 4 heteroatoms. The highest BCUT2D eigenvalue weighted by molar-refractivity contribution is 9.10. The van der Waals surface area contributed by atoms with E-state index in [-0.39, 0.29) is 5.56 Å². The molecular weight excluding hydrogens is 299 g/mol. The smallest absolute Gasteiger partial charge is 0.143 e. The molecule has 2 aromatic rings. The molecule has 1 unspecified atom stereocenters. The number of aliphatic hydroxyl groups is 1. The van der Waals surface area contributed by atoms with Gasteiger partial charge in [-0.05, 0) is 39.7 Å². The van der Waals surface area contributed by atoms with Gasteiger partial charge in [0, 0.05) is 5.56 Å². The monoisotopic (exact) mass is 310 g/mol. The quantitative estimate of drug-likeness (QED) is 0.937. The van der Waals surface area contributed by atoms with Gasteiger partial charge < -0.3 is 9.84 Å². The molecule has 1 N–H and O–H groups in total. The summed E-state index contributed by atoms with van der Waals surface area (Å²) in [5, 5.41) is 10.2. The van der Waals surface area contributed by atoms with Crippen molar-refractivity contribution in [2.45, 2.75) is 6.10 Å². The summed E-state index contributed by atoms with van der Waals surface area (Å²) in [5.74, 6) is 0.176. The van der Waals surface area contributed by atoms with E-state index in [1.807, 2.05) is 0 Å². The van der Waals surface area contributed by atoms with Gasteiger partial charge in [0.15, 0.2) is 0 Å². The molecule has 0 saturated heterocycles. The number of methoxy groups -OCH3 is 1. The summed E-state index contributed by atoms with van der Waals surface area (Å²) < 4.78 is 19.3. The van der Waals surface area contributed by atoms with Crippen molar-refractivity contribution in [2.75, 3.05) is 7.11 Å². The van der Waals surface area contributed by atoms with Gasteiger partial charge in [-0.1, -0.05) is 24.3 Å². The lowest BCUT2D eigenvalue weighted by atomic mass is 10.0. The molecule has 0 spiro atoms. The first kappa shape index (κ1) is 13.1. The standard InChI is InChI=1S/C14H12BrFO2/c1-18-10-5-2-4-9(8-10)14(17)11-6-3-7-12(15)13(11)16/h2-8,14,17H,1H3. The first-order chi connectivity index (χ1) is 8.63. The van der Waals surface area contributed by atoms with E-state index in [0.717, 1.165) is 0 Å². The molecule has 0 aliphatic carbocycles. The molecule has 0 aliphatic heterocycles. The molecule has 18 heavy (non-hydrogen) atoms. The molecule has 0 heterocycles. The van der Waals surface area contributed by atoms with Crippen LogP contribution in [-0.2, 0) is 0 Å². The van der Waals surface area contributed by atoms with Crippen LogP contribution >= 0.6 is 15.9 Å². The van der Waals surface area contributed by atoms with Crippen LogP contribution in [0.4, 0.5) is 4.39 Å². The molecule has 2 rings (SSSR count). The Labute approximate surface area is 113 Å². The SMILES string of the molecule is COc1cccc(C(O)c2cccc(Br)c2F)c1. The molecule has 0 aromatic heterocycles. The van der Waals surface area contributed by atoms with E-state index in [1.54, 1.807) is 49.6 Å². The molecule has 0 radical (unpaired) electrons. The summed E-state index contributed by atoms with van der Waals surface area (Å²) in [6.45, 7) is 0. The normalized spacial score (nSPS) is 12.2. The fourth-order valence-corrected chi connectivity index (χ4v) is 2.10. The average Bonchev–Trinajstić information content (AvgIpc) is 2.41. The fourth-order valence-electron chi connectivity index (χ4n) is 1.72. The molecule has 0 fully saturated rings. The van der Waals surface area contributed by atoms with Crippen LogP contribution < -0.4 is 4.74 Å². The number of rotatable bonds is 3. The third-order valence-corrected chi connectivity index (χ3v) is 3.30. The van der Waals surface area contributed by atoms with E-state index in [0.29, 0.717) is 15.8 Å². The highest BCUT2D eigenvalue weighted by Crippen LogP contribution is 2.29. The van der Waals surface area contributed by atoms with Gasteiger partial charge in [0.2, 0.25) is 0 Å². The predicted octanol–water partition coefficient (Wildman–Crippen LogP) is 3.68. The largest absolute Gasteiger partial charge is 0.497 e. The molecule has 2 nitrogen and oxygen atoms in total. The highest BCUT2D eigenvalue weighted by Gasteiger charge is 2.16. The summed E-state index contributed by atoms with van der Waals surface area (Å²) in [6.07, 6.45) is -1.02. The zero-order chi connectivity index (χ0) is 13.1. The van der Waals surface area contributed by atoms with E-state index in [9.17, 15) is 9.50 Å². The Kier molecular flexibility index (Phi) is 3.99. The third-order valence-electron chi connectivity index (χ3n) is 2.69. The van der Waals surface area contributed by atoms with Crippen molar-refractivity contribution in [2.24, 2.45) is 0 Å². The molecule has 2 aromatic carbocycles. The number of halogens is 2. The van der Waals surface area contributed by atoms with E-state index >= 15 is 0 Å². The molecule has 94 valence electrons. The first-order valence-electron chi connectivity index (χ1n) is 5.39. The molecule has 1 atom stereocenters. The van der Waals surface area contributed by atoms with Crippen LogP contribution in [0.1, 0.15) is 17.2 Å². The molecular formula is C14H12BrFO2. The van der Waals surface area contributed by atoms with Crippen LogP contribution in [0.25, 0.3) is 0 Å². The Bertz CT molecular complexity index is 557. The minimum Gasteiger partial charge on any atom is -0.497 e. The van der Waals surface area contributed by atoms with Crippen molar-refractivity contribution in [3.05, 3.63) is 63.9 Å². The van der Waals surface area contributed by atoms with Crippen molar-refractivity contribution >= 4 is 15.9 Å². The van der Waals surface area contributed by atoms with Gasteiger partial charge in [0.1, 0.15) is 17.7 Å². The second kappa shape index (κ2) is 5.50. The Hall–Kier alpha value is -1.39. The molecule has 0 amide bonds. The van der Waals surface area contributed by atoms with E-state index < -0.39 is 11.9 Å². The molecule has 0 bridgehead atoms. The second-order valence-electron chi connectivity index (χ2n) is 3.82. The molecule has 0 aliphatic rings. The van der Waals surface area contributed by atoms with Crippen LogP contribution in [-0.4, -0.2) is 12.2 Å². The van der Waals surface area contributed by atoms with Crippen molar-refractivity contribution in [3.8, 4) is 5.75 Å². The van der Waals surface area contributed by atoms with E-state index in [2.05, 4.69) is 15.9 Å². The van der Waals surface area contributed by atoms with Crippen LogP contribution in [0.2, 0.25) is 0 Å². The van der Waals surface area contributed by atoms with E-state index in [1.165, 1.54) is 0 Å². The van der Waals surface area contributed by atoms with Crippen molar-refractivity contribution in [1.82, 2.24) is 0 Å². The van der Waals surface area contributed by atoms with Crippen LogP contribution in [0, 0.1) is 5.82 Å². The van der Waals surface area contributed by atoms with Gasteiger partial charge in [-0.25, -0.2) is 4.39 Å². The Balaban J connectivity index is 2.41. The lowest BCUT2D eigenvalue weighted by Crippen LogP contribution is -2.03. The van der Waals surface area contributed by atoms with Gasteiger partial charge in [0.25, 0.3) is 0 Å². The summed E-state index contributed by atoms with van der Waals surface area (Å²) in [5.41, 5.74) is 0.823. The summed E-state index contributed by atoms with van der Waals surface area (Å²) in [4.78, 5) is 0. The summed E-state index contributed by atoms with van der Waals surface area (Å²) in [6, 6.07) is 11.8. The predicted molar refractivity (Wildman–Crippen MR) is 71.2 cm³/mol. The Morgan fingerprint density at radius 1 is 1.22 bits per heavy atom. The maximum atomic E-state index is 13.9. The maximum absolute atomic E-state index is 13.9. The average molecular weight is 311 g/mol. The lowest BCUT2D eigenvalue weighted by Gasteiger charge is -2.14. The first-order valence-corrected chi connectivity index (χ1v) is 6.18. The zero-order valence-electron chi connectivity index (χ0n) is 9.73. The van der Waals surface area contributed by atoms with Crippen molar-refractivity contribution in [3.63, 3.8) is 0 Å². The van der Waals surface area contributed by atoms with E-state index in [4.69, 9.17) is 4.74 Å². The highest BCUT2D eigenvalue weighted by atomic mass is 79.9. The summed E-state index contributed by atoms with van der Waals surface area (Å²) >= 11 is 3.10. The molecule has 0 saturated carbocycles. The minimum absolute atomic E-state index is 0.234. The Morgan fingerprint density at radius 3 is 2.67 bits per heavy atom. The number of aliphatic hydroxyl groups excluding tert-OH is 1. The van der Waals surface area contributed by atoms with Gasteiger partial charge in [-0.15, -0.1) is 0 Å². The Morgan fingerprint density at radius 2 is 1.94 bits per heavy atom. The summed E-state index contributed by atoms with van der Waals surface area (Å²) in [7, 11) is 1.55. The number of hydrogen-bond donors (Lipinski definition) is 1. The topological polar surface area (TPSA) is 29.5 Å². The number of benzene rings is 2. The third kappa shape index (κ3) is 2.54. The number of hydrogen-bond acceptors (Lipinski definition) is 2. The maximum Gasteiger partial charge on any atom is 0.143 e. The van der Waals surface area contributed by atoms with Crippen LogP contribution in [0.3, 0.4) is 0 Å². The van der Waals surface area contributed by atoms with Crippen LogP contribution in [0.15, 0.2) is 46.9 Å². The van der Waals surface area contributed by atoms with Gasteiger partial charge in [0.05, 0.1) is 11.6 Å². The number of ether oxygens (including phenoxy) is 1. The van der Waals surface area contributed by atoms with Gasteiger partial charge >= 0.3 is 0 Å². The lowest BCUT2D eigenvalue weighted by molar-refractivity contribution is 0.214.